The van der Waals surface area contributed by atoms with Crippen molar-refractivity contribution in [3.63, 3.8) is 0 Å². The summed E-state index contributed by atoms with van der Waals surface area (Å²) in [7, 11) is 3.10. The minimum atomic E-state index is -1.08. The van der Waals surface area contributed by atoms with Crippen molar-refractivity contribution in [1.29, 1.82) is 0 Å². The van der Waals surface area contributed by atoms with Crippen molar-refractivity contribution in [2.75, 3.05) is 20.8 Å². The molecule has 2 atom stereocenters. The lowest BCUT2D eigenvalue weighted by molar-refractivity contribution is 0.341. The van der Waals surface area contributed by atoms with Crippen LogP contribution in [0.15, 0.2) is 12.1 Å². The van der Waals surface area contributed by atoms with Crippen molar-refractivity contribution >= 4 is 0 Å². The molecule has 0 aliphatic carbocycles. The van der Waals surface area contributed by atoms with E-state index < -0.39 is 6.17 Å². The first-order valence-corrected chi connectivity index (χ1v) is 5.65. The van der Waals surface area contributed by atoms with Crippen LogP contribution >= 0.6 is 0 Å². The van der Waals surface area contributed by atoms with Gasteiger partial charge in [0.15, 0.2) is 0 Å². The first-order chi connectivity index (χ1) is 8.04. The van der Waals surface area contributed by atoms with Crippen molar-refractivity contribution in [2.24, 2.45) is 5.73 Å². The molecule has 2 unspecified atom stereocenters. The smallest absolute Gasteiger partial charge is 0.128 e. The van der Waals surface area contributed by atoms with E-state index in [9.17, 15) is 4.39 Å². The summed E-state index contributed by atoms with van der Waals surface area (Å²) in [5.74, 6) is 1.31. The lowest BCUT2D eigenvalue weighted by Crippen LogP contribution is -2.11. The molecule has 4 heteroatoms. The Kier molecular flexibility index (Phi) is 4.75. The van der Waals surface area contributed by atoms with Crippen molar-refractivity contribution in [1.82, 2.24) is 0 Å². The standard InChI is InChI=1S/C13H20FNO2/c1-8(7-15)10-5-11(9(2)14)13(17-4)6-12(10)16-3/h5-6,8-9H,7,15H2,1-4H3. The van der Waals surface area contributed by atoms with Crippen molar-refractivity contribution in [3.8, 4) is 11.5 Å². The highest BCUT2D eigenvalue weighted by Gasteiger charge is 2.18. The minimum absolute atomic E-state index is 0.119. The summed E-state index contributed by atoms with van der Waals surface area (Å²) in [5, 5.41) is 0. The Morgan fingerprint density at radius 3 is 2.06 bits per heavy atom. The maximum absolute atomic E-state index is 13.5. The number of rotatable bonds is 5. The average molecular weight is 241 g/mol. The molecule has 1 aromatic carbocycles. The molecule has 0 bridgehead atoms. The van der Waals surface area contributed by atoms with Gasteiger partial charge in [-0.25, -0.2) is 4.39 Å². The third kappa shape index (κ3) is 2.88. The quantitative estimate of drug-likeness (QED) is 0.862. The van der Waals surface area contributed by atoms with Gasteiger partial charge in [-0.15, -0.1) is 0 Å². The lowest BCUT2D eigenvalue weighted by Gasteiger charge is -2.18. The number of benzene rings is 1. The van der Waals surface area contributed by atoms with Crippen LogP contribution < -0.4 is 15.2 Å². The van der Waals surface area contributed by atoms with Gasteiger partial charge in [-0.1, -0.05) is 6.92 Å². The SMILES string of the molecule is COc1cc(OC)c(C(C)CN)cc1C(C)F. The van der Waals surface area contributed by atoms with Crippen LogP contribution in [0, 0.1) is 0 Å². The molecule has 1 rings (SSSR count). The van der Waals surface area contributed by atoms with E-state index in [4.69, 9.17) is 15.2 Å². The highest BCUT2D eigenvalue weighted by Crippen LogP contribution is 2.37. The summed E-state index contributed by atoms with van der Waals surface area (Å²) in [6, 6.07) is 3.49. The molecule has 0 amide bonds. The number of ether oxygens (including phenoxy) is 2. The van der Waals surface area contributed by atoms with Gasteiger partial charge in [-0.3, -0.25) is 0 Å². The molecule has 1 aromatic rings. The Balaban J connectivity index is 3.33. The predicted molar refractivity (Wildman–Crippen MR) is 66.5 cm³/mol. The second-order valence-corrected chi connectivity index (χ2v) is 4.09. The van der Waals surface area contributed by atoms with Crippen LogP contribution in [0.25, 0.3) is 0 Å². The molecule has 0 fully saturated rings. The molecule has 0 aliphatic rings. The monoisotopic (exact) mass is 241 g/mol. The van der Waals surface area contributed by atoms with Crippen LogP contribution in [0.1, 0.15) is 37.1 Å². The van der Waals surface area contributed by atoms with Gasteiger partial charge in [-0.05, 0) is 31.0 Å². The fraction of sp³-hybridized carbons (Fsp3) is 0.538. The number of methoxy groups -OCH3 is 2. The number of alkyl halides is 1. The van der Waals surface area contributed by atoms with Gasteiger partial charge < -0.3 is 15.2 Å². The van der Waals surface area contributed by atoms with Crippen molar-refractivity contribution in [2.45, 2.75) is 25.9 Å². The molecule has 96 valence electrons. The van der Waals surface area contributed by atoms with Crippen molar-refractivity contribution in [3.05, 3.63) is 23.3 Å². The zero-order valence-corrected chi connectivity index (χ0v) is 10.8. The van der Waals surface area contributed by atoms with E-state index in [0.29, 0.717) is 23.6 Å². The fourth-order valence-electron chi connectivity index (χ4n) is 1.77. The van der Waals surface area contributed by atoms with Gasteiger partial charge in [-0.2, -0.15) is 0 Å². The molecule has 0 saturated heterocycles. The third-order valence-corrected chi connectivity index (χ3v) is 2.90. The Bertz CT molecular complexity index is 380. The molecule has 2 N–H and O–H groups in total. The van der Waals surface area contributed by atoms with E-state index >= 15 is 0 Å². The summed E-state index contributed by atoms with van der Waals surface area (Å²) in [4.78, 5) is 0. The number of nitrogens with two attached hydrogens (primary N) is 1. The molecule has 0 radical (unpaired) electrons. The van der Waals surface area contributed by atoms with E-state index in [-0.39, 0.29) is 5.92 Å². The lowest BCUT2D eigenvalue weighted by atomic mass is 9.96. The average Bonchev–Trinajstić information content (AvgIpc) is 2.35. The second-order valence-electron chi connectivity index (χ2n) is 4.09. The van der Waals surface area contributed by atoms with Gasteiger partial charge in [0.2, 0.25) is 0 Å². The minimum Gasteiger partial charge on any atom is -0.496 e. The Labute approximate surface area is 102 Å². The van der Waals surface area contributed by atoms with Crippen LogP contribution in [0.3, 0.4) is 0 Å². The van der Waals surface area contributed by atoms with Crippen LogP contribution in [0.2, 0.25) is 0 Å². The largest absolute Gasteiger partial charge is 0.496 e. The van der Waals surface area contributed by atoms with Gasteiger partial charge >= 0.3 is 0 Å². The Hall–Kier alpha value is -1.29. The molecule has 0 heterocycles. The van der Waals surface area contributed by atoms with Crippen molar-refractivity contribution < 1.29 is 13.9 Å². The predicted octanol–water partition coefficient (Wildman–Crippen LogP) is 2.80. The summed E-state index contributed by atoms with van der Waals surface area (Å²) in [6.45, 7) is 3.96. The molecule has 0 saturated carbocycles. The second kappa shape index (κ2) is 5.87. The first-order valence-electron chi connectivity index (χ1n) is 5.65. The maximum Gasteiger partial charge on any atom is 0.128 e. The third-order valence-electron chi connectivity index (χ3n) is 2.90. The van der Waals surface area contributed by atoms with Crippen LogP contribution in [0.5, 0.6) is 11.5 Å². The number of hydrogen-bond acceptors (Lipinski definition) is 3. The van der Waals surface area contributed by atoms with Gasteiger partial charge in [0, 0.05) is 11.6 Å². The maximum atomic E-state index is 13.5. The summed E-state index contributed by atoms with van der Waals surface area (Å²) in [6.07, 6.45) is -1.08. The topological polar surface area (TPSA) is 44.5 Å². The van der Waals surface area contributed by atoms with Gasteiger partial charge in [0.05, 0.1) is 14.2 Å². The fourth-order valence-corrected chi connectivity index (χ4v) is 1.77. The molecule has 0 spiro atoms. The normalized spacial score (nSPS) is 14.2. The number of hydrogen-bond donors (Lipinski definition) is 1. The van der Waals surface area contributed by atoms with Gasteiger partial charge in [0.25, 0.3) is 0 Å². The van der Waals surface area contributed by atoms with E-state index in [2.05, 4.69) is 0 Å². The van der Waals surface area contributed by atoms with Gasteiger partial charge in [0.1, 0.15) is 17.7 Å². The van der Waals surface area contributed by atoms with E-state index in [1.54, 1.807) is 19.2 Å². The molecule has 17 heavy (non-hydrogen) atoms. The summed E-state index contributed by atoms with van der Waals surface area (Å²) < 4.78 is 24.0. The molecule has 0 aromatic heterocycles. The molecule has 3 nitrogen and oxygen atoms in total. The summed E-state index contributed by atoms with van der Waals surface area (Å²) >= 11 is 0. The summed E-state index contributed by atoms with van der Waals surface area (Å²) in [5.41, 5.74) is 7.09. The molecular formula is C13H20FNO2. The van der Waals surface area contributed by atoms with Crippen LogP contribution in [-0.4, -0.2) is 20.8 Å². The molecule has 0 aliphatic heterocycles. The first kappa shape index (κ1) is 13.8. The van der Waals surface area contributed by atoms with E-state index in [0.717, 1.165) is 5.56 Å². The van der Waals surface area contributed by atoms with Crippen LogP contribution in [-0.2, 0) is 0 Å². The van der Waals surface area contributed by atoms with E-state index in [1.165, 1.54) is 14.0 Å². The Morgan fingerprint density at radius 1 is 1.12 bits per heavy atom. The van der Waals surface area contributed by atoms with Crippen LogP contribution in [0.4, 0.5) is 4.39 Å². The zero-order valence-electron chi connectivity index (χ0n) is 10.8. The van der Waals surface area contributed by atoms with E-state index in [1.807, 2.05) is 6.92 Å². The molecular weight excluding hydrogens is 221 g/mol. The highest BCUT2D eigenvalue weighted by atomic mass is 19.1. The highest BCUT2D eigenvalue weighted by molar-refractivity contribution is 5.49. The zero-order chi connectivity index (χ0) is 13.0. The Morgan fingerprint density at radius 2 is 1.65 bits per heavy atom. The number of halogens is 1.